The van der Waals surface area contributed by atoms with Crippen molar-refractivity contribution in [3.8, 4) is 0 Å². The second kappa shape index (κ2) is 10.5. The number of hydrogen-bond acceptors (Lipinski definition) is 4. The lowest BCUT2D eigenvalue weighted by atomic mass is 9.95. The monoisotopic (exact) mass is 451 g/mol. The first-order chi connectivity index (χ1) is 15.6. The SMILES string of the molecule is O=C(NC1CCCCC1)C(c1ccccn1)N(C(=O)Cc1cccs1)c1cccc(F)c1. The van der Waals surface area contributed by atoms with Gasteiger partial charge in [0, 0.05) is 22.8 Å². The summed E-state index contributed by atoms with van der Waals surface area (Å²) in [6.45, 7) is 0. The lowest BCUT2D eigenvalue weighted by molar-refractivity contribution is -0.127. The molecule has 0 aliphatic heterocycles. The average Bonchev–Trinajstić information content (AvgIpc) is 3.31. The van der Waals surface area contributed by atoms with Crippen LogP contribution < -0.4 is 10.2 Å². The highest BCUT2D eigenvalue weighted by atomic mass is 32.1. The maximum absolute atomic E-state index is 14.2. The molecular formula is C25H26FN3O2S. The zero-order valence-corrected chi connectivity index (χ0v) is 18.6. The van der Waals surface area contributed by atoms with Crippen LogP contribution in [0, 0.1) is 5.82 Å². The number of aromatic nitrogens is 1. The predicted molar refractivity (Wildman–Crippen MR) is 124 cm³/mol. The second-order valence-corrected chi connectivity index (χ2v) is 9.03. The van der Waals surface area contributed by atoms with E-state index in [1.54, 1.807) is 36.5 Å². The number of halogens is 1. The van der Waals surface area contributed by atoms with Crippen molar-refractivity contribution in [3.63, 3.8) is 0 Å². The van der Waals surface area contributed by atoms with Crippen LogP contribution in [0.25, 0.3) is 0 Å². The molecule has 1 unspecified atom stereocenters. The Hall–Kier alpha value is -3.06. The van der Waals surface area contributed by atoms with E-state index in [0.29, 0.717) is 11.4 Å². The van der Waals surface area contributed by atoms with E-state index >= 15 is 0 Å². The largest absolute Gasteiger partial charge is 0.351 e. The van der Waals surface area contributed by atoms with Crippen LogP contribution in [0.15, 0.2) is 66.2 Å². The van der Waals surface area contributed by atoms with Gasteiger partial charge in [-0.3, -0.25) is 19.5 Å². The molecule has 1 atom stereocenters. The number of nitrogens with one attached hydrogen (secondary N) is 1. The van der Waals surface area contributed by atoms with Crippen molar-refractivity contribution in [3.05, 3.63) is 82.6 Å². The van der Waals surface area contributed by atoms with E-state index < -0.39 is 11.9 Å². The van der Waals surface area contributed by atoms with Gasteiger partial charge in [0.1, 0.15) is 5.82 Å². The first kappa shape index (κ1) is 22.1. The Balaban J connectivity index is 1.72. The molecule has 166 valence electrons. The third-order valence-corrected chi connectivity index (χ3v) is 6.56. The van der Waals surface area contributed by atoms with Gasteiger partial charge in [-0.2, -0.15) is 0 Å². The van der Waals surface area contributed by atoms with Crippen molar-refractivity contribution >= 4 is 28.8 Å². The van der Waals surface area contributed by atoms with E-state index in [1.807, 2.05) is 17.5 Å². The summed E-state index contributed by atoms with van der Waals surface area (Å²) in [5.74, 6) is -1.05. The fourth-order valence-electron chi connectivity index (χ4n) is 4.16. The van der Waals surface area contributed by atoms with Crippen LogP contribution in [0.3, 0.4) is 0 Å². The van der Waals surface area contributed by atoms with E-state index in [4.69, 9.17) is 0 Å². The number of rotatable bonds is 7. The number of benzene rings is 1. The molecule has 1 aliphatic rings. The van der Waals surface area contributed by atoms with Crippen molar-refractivity contribution in [2.24, 2.45) is 0 Å². The number of hydrogen-bond donors (Lipinski definition) is 1. The van der Waals surface area contributed by atoms with E-state index in [9.17, 15) is 14.0 Å². The zero-order valence-electron chi connectivity index (χ0n) is 17.7. The molecule has 32 heavy (non-hydrogen) atoms. The molecule has 5 nitrogen and oxygen atoms in total. The molecule has 2 aromatic heterocycles. The summed E-state index contributed by atoms with van der Waals surface area (Å²) < 4.78 is 14.2. The lowest BCUT2D eigenvalue weighted by Gasteiger charge is -2.33. The number of anilines is 1. The smallest absolute Gasteiger partial charge is 0.249 e. The minimum atomic E-state index is -0.993. The highest BCUT2D eigenvalue weighted by molar-refractivity contribution is 7.10. The third-order valence-electron chi connectivity index (χ3n) is 5.69. The van der Waals surface area contributed by atoms with Gasteiger partial charge in [-0.25, -0.2) is 4.39 Å². The number of carbonyl (C=O) groups is 2. The van der Waals surface area contributed by atoms with Crippen LogP contribution in [0.4, 0.5) is 10.1 Å². The summed E-state index contributed by atoms with van der Waals surface area (Å²) >= 11 is 1.47. The molecular weight excluding hydrogens is 425 g/mol. The average molecular weight is 452 g/mol. The quantitative estimate of drug-likeness (QED) is 0.547. The highest BCUT2D eigenvalue weighted by Crippen LogP contribution is 2.29. The molecule has 0 saturated heterocycles. The zero-order chi connectivity index (χ0) is 22.3. The predicted octanol–water partition coefficient (Wildman–Crippen LogP) is 5.05. The summed E-state index contributed by atoms with van der Waals surface area (Å²) in [5, 5.41) is 5.04. The molecule has 0 spiro atoms. The number of nitrogens with zero attached hydrogens (tertiary/aromatic N) is 2. The molecule has 1 aliphatic carbocycles. The number of amides is 2. The first-order valence-electron chi connectivity index (χ1n) is 10.9. The Morgan fingerprint density at radius 1 is 1.09 bits per heavy atom. The third kappa shape index (κ3) is 5.40. The molecule has 7 heteroatoms. The minimum Gasteiger partial charge on any atom is -0.351 e. The molecule has 0 radical (unpaired) electrons. The molecule has 1 saturated carbocycles. The summed E-state index contributed by atoms with van der Waals surface area (Å²) in [4.78, 5) is 33.8. The van der Waals surface area contributed by atoms with Crippen molar-refractivity contribution in [1.29, 1.82) is 0 Å². The van der Waals surface area contributed by atoms with Gasteiger partial charge in [0.05, 0.1) is 12.1 Å². The summed E-state index contributed by atoms with van der Waals surface area (Å²) in [7, 11) is 0. The van der Waals surface area contributed by atoms with Crippen LogP contribution in [0.2, 0.25) is 0 Å². The fourth-order valence-corrected chi connectivity index (χ4v) is 4.85. The van der Waals surface area contributed by atoms with Crippen molar-refractivity contribution in [1.82, 2.24) is 10.3 Å². The van der Waals surface area contributed by atoms with Crippen LogP contribution >= 0.6 is 11.3 Å². The summed E-state index contributed by atoms with van der Waals surface area (Å²) in [6, 6.07) is 13.9. The lowest BCUT2D eigenvalue weighted by Crippen LogP contribution is -2.48. The number of pyridine rings is 1. The maximum Gasteiger partial charge on any atom is 0.249 e. The van der Waals surface area contributed by atoms with E-state index in [0.717, 1.165) is 30.6 Å². The molecule has 4 rings (SSSR count). The molecule has 3 aromatic rings. The van der Waals surface area contributed by atoms with Crippen LogP contribution in [0.5, 0.6) is 0 Å². The maximum atomic E-state index is 14.2. The van der Waals surface area contributed by atoms with Gasteiger partial charge >= 0.3 is 0 Å². The van der Waals surface area contributed by atoms with Crippen molar-refractivity contribution < 1.29 is 14.0 Å². The van der Waals surface area contributed by atoms with Crippen LogP contribution in [0.1, 0.15) is 48.7 Å². The first-order valence-corrected chi connectivity index (χ1v) is 11.8. The van der Waals surface area contributed by atoms with Gasteiger partial charge in [0.2, 0.25) is 11.8 Å². The van der Waals surface area contributed by atoms with Gasteiger partial charge in [-0.15, -0.1) is 11.3 Å². The van der Waals surface area contributed by atoms with Gasteiger partial charge in [-0.1, -0.05) is 37.5 Å². The standard InChI is InChI=1S/C25H26FN3O2S/c26-18-8-6-11-20(16-18)29(23(30)17-21-12-7-15-32-21)24(22-13-4-5-14-27-22)25(31)28-19-9-2-1-3-10-19/h4-8,11-16,19,24H,1-3,9-10,17H2,(H,28,31). The van der Waals surface area contributed by atoms with Crippen molar-refractivity contribution in [2.45, 2.75) is 50.6 Å². The molecule has 1 fully saturated rings. The topological polar surface area (TPSA) is 62.3 Å². The Bertz CT molecular complexity index is 1040. The van der Waals surface area contributed by atoms with Crippen LogP contribution in [-0.2, 0) is 16.0 Å². The van der Waals surface area contributed by atoms with E-state index in [2.05, 4.69) is 10.3 Å². The van der Waals surface area contributed by atoms with Crippen LogP contribution in [-0.4, -0.2) is 22.8 Å². The Morgan fingerprint density at radius 3 is 2.62 bits per heavy atom. The van der Waals surface area contributed by atoms with Crippen molar-refractivity contribution in [2.75, 3.05) is 4.90 Å². The van der Waals surface area contributed by atoms with Gasteiger partial charge in [-0.05, 0) is 54.6 Å². The van der Waals surface area contributed by atoms with Gasteiger partial charge in [0.15, 0.2) is 6.04 Å². The summed E-state index contributed by atoms with van der Waals surface area (Å²) in [5.41, 5.74) is 0.783. The summed E-state index contributed by atoms with van der Waals surface area (Å²) in [6.07, 6.45) is 6.88. The number of carbonyl (C=O) groups excluding carboxylic acids is 2. The fraction of sp³-hybridized carbons (Fsp3) is 0.320. The Kier molecular flexibility index (Phi) is 7.27. The van der Waals surface area contributed by atoms with Gasteiger partial charge < -0.3 is 5.32 Å². The Labute approximate surface area is 191 Å². The minimum absolute atomic E-state index is 0.0734. The van der Waals surface area contributed by atoms with E-state index in [1.165, 1.54) is 34.8 Å². The Morgan fingerprint density at radius 2 is 1.94 bits per heavy atom. The van der Waals surface area contributed by atoms with Gasteiger partial charge in [0.25, 0.3) is 0 Å². The normalized spacial score (nSPS) is 15.2. The molecule has 2 amide bonds. The number of thiophene rings is 1. The molecule has 1 aromatic carbocycles. The molecule has 0 bridgehead atoms. The second-order valence-electron chi connectivity index (χ2n) is 8.00. The highest BCUT2D eigenvalue weighted by Gasteiger charge is 2.35. The van der Waals surface area contributed by atoms with E-state index in [-0.39, 0.29) is 24.3 Å². The molecule has 2 heterocycles. The molecule has 1 N–H and O–H groups in total.